The maximum Gasteiger partial charge on any atom is 0.416 e. The molecule has 0 N–H and O–H groups in total. The molecule has 0 aliphatic rings. The van der Waals surface area contributed by atoms with Crippen molar-refractivity contribution in [3.8, 4) is 16.9 Å². The molecule has 0 bridgehead atoms. The summed E-state index contributed by atoms with van der Waals surface area (Å²) in [4.78, 5) is 4.08. The molecule has 0 aliphatic carbocycles. The predicted molar refractivity (Wildman–Crippen MR) is 114 cm³/mol. The molecular formula is C25H14F6N2. The molecular weight excluding hydrogens is 442 g/mol. The molecule has 166 valence electrons. The van der Waals surface area contributed by atoms with E-state index in [0.29, 0.717) is 17.8 Å². The highest BCUT2D eigenvalue weighted by atomic mass is 19.4. The second-order valence-electron chi connectivity index (χ2n) is 7.56. The quantitative estimate of drug-likeness (QED) is 0.247. The first-order valence-corrected chi connectivity index (χ1v) is 9.87. The van der Waals surface area contributed by atoms with Crippen LogP contribution in [-0.2, 0) is 12.4 Å². The Morgan fingerprint density at radius 1 is 0.606 bits per heavy atom. The van der Waals surface area contributed by atoms with Crippen LogP contribution in [0.2, 0.25) is 0 Å². The highest BCUT2D eigenvalue weighted by Gasteiger charge is 2.37. The van der Waals surface area contributed by atoms with Crippen molar-refractivity contribution in [2.45, 2.75) is 12.4 Å². The van der Waals surface area contributed by atoms with Gasteiger partial charge in [-0.1, -0.05) is 36.4 Å². The zero-order chi connectivity index (χ0) is 23.4. The molecule has 0 saturated heterocycles. The summed E-state index contributed by atoms with van der Waals surface area (Å²) < 4.78 is 81.8. The first kappa shape index (κ1) is 21.1. The van der Waals surface area contributed by atoms with Crippen LogP contribution in [-0.4, -0.2) is 9.55 Å². The van der Waals surface area contributed by atoms with Gasteiger partial charge in [0, 0.05) is 28.2 Å². The fourth-order valence-electron chi connectivity index (χ4n) is 4.02. The van der Waals surface area contributed by atoms with Crippen LogP contribution < -0.4 is 0 Å². The van der Waals surface area contributed by atoms with Crippen molar-refractivity contribution in [3.05, 3.63) is 96.2 Å². The molecule has 33 heavy (non-hydrogen) atoms. The normalized spacial score (nSPS) is 12.5. The smallest absolute Gasteiger partial charge is 0.309 e. The van der Waals surface area contributed by atoms with Gasteiger partial charge < -0.3 is 4.57 Å². The van der Waals surface area contributed by atoms with Crippen LogP contribution in [0.15, 0.2) is 85.1 Å². The van der Waals surface area contributed by atoms with Gasteiger partial charge in [-0.05, 0) is 42.5 Å². The van der Waals surface area contributed by atoms with Crippen LogP contribution in [0.1, 0.15) is 11.1 Å². The lowest BCUT2D eigenvalue weighted by Gasteiger charge is -2.15. The second kappa shape index (κ2) is 7.37. The summed E-state index contributed by atoms with van der Waals surface area (Å²) in [6, 6.07) is 19.9. The Bertz CT molecular complexity index is 1410. The minimum Gasteiger partial charge on any atom is -0.309 e. The summed E-state index contributed by atoms with van der Waals surface area (Å²) in [5.41, 5.74) is -0.728. The Kier molecular flexibility index (Phi) is 4.70. The first-order chi connectivity index (χ1) is 15.6. The Balaban J connectivity index is 1.74. The van der Waals surface area contributed by atoms with Gasteiger partial charge >= 0.3 is 12.4 Å². The van der Waals surface area contributed by atoms with Gasteiger partial charge in [-0.15, -0.1) is 0 Å². The number of alkyl halides is 6. The van der Waals surface area contributed by atoms with E-state index < -0.39 is 23.5 Å². The maximum atomic E-state index is 13.3. The monoisotopic (exact) mass is 456 g/mol. The number of pyridine rings is 1. The molecule has 0 aliphatic heterocycles. The third-order valence-electron chi connectivity index (χ3n) is 5.47. The van der Waals surface area contributed by atoms with Crippen molar-refractivity contribution in [2.24, 2.45) is 0 Å². The lowest BCUT2D eigenvalue weighted by Crippen LogP contribution is -2.11. The van der Waals surface area contributed by atoms with E-state index in [1.807, 2.05) is 53.1 Å². The lowest BCUT2D eigenvalue weighted by molar-refractivity contribution is -0.143. The Morgan fingerprint density at radius 3 is 1.64 bits per heavy atom. The largest absolute Gasteiger partial charge is 0.416 e. The molecule has 0 amide bonds. The van der Waals surface area contributed by atoms with E-state index in [1.165, 1.54) is 12.3 Å². The van der Waals surface area contributed by atoms with Gasteiger partial charge in [0.1, 0.15) is 0 Å². The molecule has 0 spiro atoms. The topological polar surface area (TPSA) is 17.8 Å². The molecule has 3 aromatic carbocycles. The van der Waals surface area contributed by atoms with Crippen molar-refractivity contribution < 1.29 is 26.3 Å². The third kappa shape index (κ3) is 3.71. The van der Waals surface area contributed by atoms with E-state index in [4.69, 9.17) is 0 Å². The molecule has 0 atom stereocenters. The standard InChI is InChI=1S/C25H14F6N2/c26-24(27,28)16-11-15(12-17(13-16)25(29,30)31)21-14-18(9-10-32-21)33-22-7-3-1-5-19(22)20-6-2-4-8-23(20)33/h1-14H. The van der Waals surface area contributed by atoms with E-state index >= 15 is 0 Å². The summed E-state index contributed by atoms with van der Waals surface area (Å²) in [5.74, 6) is 0. The number of hydrogen-bond donors (Lipinski definition) is 0. The van der Waals surface area contributed by atoms with Gasteiger partial charge in [0.15, 0.2) is 0 Å². The Morgan fingerprint density at radius 2 is 1.12 bits per heavy atom. The molecule has 8 heteroatoms. The number of fused-ring (bicyclic) bond motifs is 3. The van der Waals surface area contributed by atoms with Crippen LogP contribution in [0, 0.1) is 0 Å². The summed E-state index contributed by atoms with van der Waals surface area (Å²) in [7, 11) is 0. The molecule has 2 heterocycles. The van der Waals surface area contributed by atoms with Crippen molar-refractivity contribution >= 4 is 21.8 Å². The fourth-order valence-corrected chi connectivity index (χ4v) is 4.02. The lowest BCUT2D eigenvalue weighted by atomic mass is 10.0. The van der Waals surface area contributed by atoms with Crippen molar-refractivity contribution in [1.29, 1.82) is 0 Å². The SMILES string of the molecule is FC(F)(F)c1cc(-c2cc(-n3c4ccccc4c4ccccc43)ccn2)cc(C(F)(F)F)c1. The Hall–Kier alpha value is -3.81. The van der Waals surface area contributed by atoms with E-state index in [-0.39, 0.29) is 17.3 Å². The molecule has 0 fully saturated rings. The first-order valence-electron chi connectivity index (χ1n) is 9.87. The van der Waals surface area contributed by atoms with Gasteiger partial charge in [0.2, 0.25) is 0 Å². The van der Waals surface area contributed by atoms with Crippen LogP contribution >= 0.6 is 0 Å². The number of para-hydroxylation sites is 2. The zero-order valence-corrected chi connectivity index (χ0v) is 16.7. The van der Waals surface area contributed by atoms with E-state index in [2.05, 4.69) is 4.98 Å². The fraction of sp³-hybridized carbons (Fsp3) is 0.0800. The van der Waals surface area contributed by atoms with Gasteiger partial charge in [-0.2, -0.15) is 26.3 Å². The minimum absolute atomic E-state index is 0.00552. The highest BCUT2D eigenvalue weighted by molar-refractivity contribution is 6.09. The van der Waals surface area contributed by atoms with Crippen molar-refractivity contribution in [1.82, 2.24) is 9.55 Å². The van der Waals surface area contributed by atoms with Gasteiger partial charge in [-0.3, -0.25) is 4.98 Å². The summed E-state index contributed by atoms with van der Waals surface area (Å²) in [6.45, 7) is 0. The zero-order valence-electron chi connectivity index (χ0n) is 16.7. The Labute approximate surface area is 183 Å². The molecule has 5 rings (SSSR count). The van der Waals surface area contributed by atoms with Crippen LogP contribution in [0.5, 0.6) is 0 Å². The number of benzene rings is 3. The van der Waals surface area contributed by atoms with Gasteiger partial charge in [-0.25, -0.2) is 0 Å². The van der Waals surface area contributed by atoms with Gasteiger partial charge in [0.25, 0.3) is 0 Å². The summed E-state index contributed by atoms with van der Waals surface area (Å²) >= 11 is 0. The van der Waals surface area contributed by atoms with Gasteiger partial charge in [0.05, 0.1) is 27.9 Å². The summed E-state index contributed by atoms with van der Waals surface area (Å²) in [6.07, 6.45) is -8.48. The number of halogens is 6. The van der Waals surface area contributed by atoms with E-state index in [1.54, 1.807) is 6.07 Å². The molecule has 5 aromatic rings. The van der Waals surface area contributed by atoms with Crippen LogP contribution in [0.3, 0.4) is 0 Å². The molecule has 0 radical (unpaired) electrons. The minimum atomic E-state index is -4.93. The number of rotatable bonds is 2. The molecule has 0 saturated carbocycles. The highest BCUT2D eigenvalue weighted by Crippen LogP contribution is 2.39. The van der Waals surface area contributed by atoms with Crippen molar-refractivity contribution in [3.63, 3.8) is 0 Å². The second-order valence-corrected chi connectivity index (χ2v) is 7.56. The molecule has 0 unspecified atom stereocenters. The third-order valence-corrected chi connectivity index (χ3v) is 5.47. The van der Waals surface area contributed by atoms with Crippen molar-refractivity contribution in [2.75, 3.05) is 0 Å². The molecule has 2 aromatic heterocycles. The number of nitrogens with zero attached hydrogens (tertiary/aromatic N) is 2. The van der Waals surface area contributed by atoms with Crippen LogP contribution in [0.25, 0.3) is 38.8 Å². The number of aromatic nitrogens is 2. The predicted octanol–water partition coefficient (Wildman–Crippen LogP) is 7.88. The maximum absolute atomic E-state index is 13.3. The number of hydrogen-bond acceptors (Lipinski definition) is 1. The van der Waals surface area contributed by atoms with Crippen LogP contribution in [0.4, 0.5) is 26.3 Å². The van der Waals surface area contributed by atoms with E-state index in [0.717, 1.165) is 21.8 Å². The summed E-state index contributed by atoms with van der Waals surface area (Å²) in [5, 5.41) is 1.95. The average molecular weight is 456 g/mol. The van der Waals surface area contributed by atoms with E-state index in [9.17, 15) is 26.3 Å². The molecule has 2 nitrogen and oxygen atoms in total. The average Bonchev–Trinajstić information content (AvgIpc) is 3.12.